The van der Waals surface area contributed by atoms with Crippen LogP contribution < -0.4 is 0 Å². The summed E-state index contributed by atoms with van der Waals surface area (Å²) in [6.45, 7) is 9.58. The van der Waals surface area contributed by atoms with Crippen molar-refractivity contribution < 1.29 is 9.59 Å². The second-order valence-electron chi connectivity index (χ2n) is 12.4. The maximum Gasteiger partial charge on any atom is 0.254 e. The molecule has 2 aliphatic heterocycles. The number of nitrogens with zero attached hydrogens (tertiary/aromatic N) is 8. The Bertz CT molecular complexity index is 2190. The number of aromatic nitrogens is 6. The van der Waals surface area contributed by atoms with Crippen molar-refractivity contribution in [2.75, 3.05) is 0 Å². The molecule has 10 nitrogen and oxygen atoms in total. The minimum atomic E-state index is -0.0326. The Balaban J connectivity index is 0.000000157. The van der Waals surface area contributed by atoms with Crippen molar-refractivity contribution in [3.8, 4) is 0 Å². The van der Waals surface area contributed by atoms with Crippen LogP contribution in [0.1, 0.15) is 77.1 Å². The summed E-state index contributed by atoms with van der Waals surface area (Å²) in [6.07, 6.45) is 0. The molecule has 4 aromatic heterocycles. The third-order valence-corrected chi connectivity index (χ3v) is 11.3. The zero-order chi connectivity index (χ0) is 35.4. The summed E-state index contributed by atoms with van der Waals surface area (Å²) >= 11 is 22.0. The molecule has 0 N–H and O–H groups in total. The molecule has 8 rings (SSSR count). The predicted molar refractivity (Wildman–Crippen MR) is 197 cm³/mol. The third-order valence-electron chi connectivity index (χ3n) is 9.27. The van der Waals surface area contributed by atoms with Crippen LogP contribution in [-0.4, -0.2) is 50.8 Å². The molecule has 256 valence electrons. The van der Waals surface area contributed by atoms with Gasteiger partial charge in [0.05, 0.1) is 70.4 Å². The van der Waals surface area contributed by atoms with E-state index in [2.05, 4.69) is 36.1 Å². The first-order chi connectivity index (χ1) is 24.0. The Hall–Kier alpha value is -4.03. The van der Waals surface area contributed by atoms with Gasteiger partial charge in [-0.05, 0) is 51.0 Å². The molecule has 14 heteroatoms. The van der Waals surface area contributed by atoms with Gasteiger partial charge >= 0.3 is 0 Å². The van der Waals surface area contributed by atoms with E-state index in [9.17, 15) is 9.59 Å². The van der Waals surface area contributed by atoms with Crippen LogP contribution in [-0.2, 0) is 37.4 Å². The monoisotopic (exact) mass is 792 g/mol. The number of fused-ring (bicyclic) bond motifs is 6. The molecule has 6 heterocycles. The van der Waals surface area contributed by atoms with E-state index in [-0.39, 0.29) is 11.8 Å². The van der Waals surface area contributed by atoms with Crippen molar-refractivity contribution in [3.05, 3.63) is 126 Å². The lowest BCUT2D eigenvalue weighted by atomic mass is 10.1. The van der Waals surface area contributed by atoms with Crippen LogP contribution in [0.15, 0.2) is 48.5 Å². The highest BCUT2D eigenvalue weighted by atomic mass is 79.9. The molecule has 2 aromatic carbocycles. The van der Waals surface area contributed by atoms with Gasteiger partial charge < -0.3 is 9.80 Å². The molecular formula is C36H32BrCl3N8O2. The summed E-state index contributed by atoms with van der Waals surface area (Å²) in [5.41, 5.74) is 11.8. The normalized spacial score (nSPS) is 13.5. The Morgan fingerprint density at radius 1 is 0.680 bits per heavy atom. The highest BCUT2D eigenvalue weighted by molar-refractivity contribution is 9.08. The second-order valence-corrected chi connectivity index (χ2v) is 14.0. The number of benzene rings is 2. The van der Waals surface area contributed by atoms with E-state index in [1.807, 2.05) is 81.1 Å². The smallest absolute Gasteiger partial charge is 0.254 e. The maximum absolute atomic E-state index is 12.9. The van der Waals surface area contributed by atoms with Gasteiger partial charge in [-0.3, -0.25) is 9.59 Å². The number of hydrogen-bond acceptors (Lipinski definition) is 6. The van der Waals surface area contributed by atoms with Crippen LogP contribution in [0.3, 0.4) is 0 Å². The van der Waals surface area contributed by atoms with Crippen molar-refractivity contribution in [2.45, 2.75) is 65.1 Å². The van der Waals surface area contributed by atoms with Gasteiger partial charge in [0.2, 0.25) is 0 Å². The molecule has 0 aliphatic carbocycles. The van der Waals surface area contributed by atoms with E-state index in [0.29, 0.717) is 53.0 Å². The number of rotatable bonds is 4. The topological polar surface area (TPSA) is 101 Å². The van der Waals surface area contributed by atoms with Crippen molar-refractivity contribution in [1.82, 2.24) is 39.0 Å². The zero-order valence-corrected chi connectivity index (χ0v) is 31.6. The minimum absolute atomic E-state index is 0.0219. The van der Waals surface area contributed by atoms with Gasteiger partial charge in [0.25, 0.3) is 11.8 Å². The lowest BCUT2D eigenvalue weighted by Crippen LogP contribution is -2.26. The molecule has 2 amide bonds. The number of carbonyl (C=O) groups excluding carboxylic acids is 2. The Labute approximate surface area is 312 Å². The molecule has 50 heavy (non-hydrogen) atoms. The maximum atomic E-state index is 12.9. The zero-order valence-electron chi connectivity index (χ0n) is 27.8. The number of hydrogen-bond donors (Lipinski definition) is 0. The van der Waals surface area contributed by atoms with Gasteiger partial charge in [0.15, 0.2) is 11.3 Å². The van der Waals surface area contributed by atoms with Gasteiger partial charge in [-0.15, -0.1) is 11.6 Å². The molecule has 0 bridgehead atoms. The Kier molecular flexibility index (Phi) is 9.36. The fraction of sp³-hybridized carbons (Fsp3) is 0.278. The summed E-state index contributed by atoms with van der Waals surface area (Å²) in [5, 5.41) is 11.1. The first-order valence-corrected chi connectivity index (χ1v) is 18.4. The molecule has 0 unspecified atom stereocenters. The molecule has 0 atom stereocenters. The summed E-state index contributed by atoms with van der Waals surface area (Å²) in [5.74, 6) is 0.299. The average molecular weight is 795 g/mol. The standard InChI is InChI=1S/C18H16BrClN4O.C18H16Cl2N4O/c2*1-10-16(20)11(2)24-17(21-10)14-8-23(9-15(14)22-24)18(25)13-6-4-3-5-12(13)7-19/h2*3-6H,7-9H2,1-2H3. The number of alkyl halides is 2. The third kappa shape index (κ3) is 5.83. The van der Waals surface area contributed by atoms with Gasteiger partial charge in [-0.2, -0.15) is 10.2 Å². The van der Waals surface area contributed by atoms with Crippen molar-refractivity contribution in [2.24, 2.45) is 0 Å². The largest absolute Gasteiger partial charge is 0.328 e. The molecule has 6 aromatic rings. The second kappa shape index (κ2) is 13.6. The quantitative estimate of drug-likeness (QED) is 0.168. The fourth-order valence-electron chi connectivity index (χ4n) is 6.55. The summed E-state index contributed by atoms with van der Waals surface area (Å²) < 4.78 is 3.56. The Morgan fingerprint density at radius 2 is 1.10 bits per heavy atom. The number of carbonyl (C=O) groups is 2. The first kappa shape index (κ1) is 34.4. The average Bonchev–Trinajstić information content (AvgIpc) is 3.90. The summed E-state index contributed by atoms with van der Waals surface area (Å²) in [7, 11) is 0. The SMILES string of the molecule is Cc1nc2c3c(nn2c(C)c1Cl)CN(C(=O)c1ccccc1CBr)C3.Cc1nc2c3c(nn2c(C)c1Cl)CN(C(=O)c1ccccc1CCl)C3. The number of amides is 2. The van der Waals surface area contributed by atoms with Crippen LogP contribution >= 0.6 is 50.7 Å². The summed E-state index contributed by atoms with van der Waals surface area (Å²) in [4.78, 5) is 38.6. The predicted octanol–water partition coefficient (Wildman–Crippen LogP) is 7.94. The molecular weight excluding hydrogens is 763 g/mol. The molecule has 0 fully saturated rings. The van der Waals surface area contributed by atoms with Crippen LogP contribution in [0.2, 0.25) is 10.0 Å². The van der Waals surface area contributed by atoms with Gasteiger partial charge in [0, 0.05) is 33.5 Å². The van der Waals surface area contributed by atoms with E-state index in [4.69, 9.17) is 34.8 Å². The Morgan fingerprint density at radius 3 is 1.54 bits per heavy atom. The van der Waals surface area contributed by atoms with E-state index in [0.717, 1.165) is 73.3 Å². The van der Waals surface area contributed by atoms with E-state index >= 15 is 0 Å². The lowest BCUT2D eigenvalue weighted by molar-refractivity contribution is 0.0742. The van der Waals surface area contributed by atoms with E-state index < -0.39 is 0 Å². The van der Waals surface area contributed by atoms with Crippen LogP contribution in [0.25, 0.3) is 11.3 Å². The lowest BCUT2D eigenvalue weighted by Gasteiger charge is -2.17. The molecule has 0 spiro atoms. The van der Waals surface area contributed by atoms with Gasteiger partial charge in [0.1, 0.15) is 0 Å². The fourth-order valence-corrected chi connectivity index (χ4v) is 7.51. The number of aryl methyl sites for hydroxylation is 4. The van der Waals surface area contributed by atoms with Crippen molar-refractivity contribution in [3.63, 3.8) is 0 Å². The highest BCUT2D eigenvalue weighted by Crippen LogP contribution is 2.32. The number of halogens is 4. The highest BCUT2D eigenvalue weighted by Gasteiger charge is 2.32. The van der Waals surface area contributed by atoms with Gasteiger partial charge in [-0.25, -0.2) is 19.0 Å². The van der Waals surface area contributed by atoms with Crippen LogP contribution in [0, 0.1) is 27.7 Å². The van der Waals surface area contributed by atoms with Crippen molar-refractivity contribution >= 4 is 73.8 Å². The molecule has 0 saturated carbocycles. The molecule has 0 saturated heterocycles. The molecule has 0 radical (unpaired) electrons. The molecule has 2 aliphatic rings. The van der Waals surface area contributed by atoms with Gasteiger partial charge in [-0.1, -0.05) is 75.5 Å². The van der Waals surface area contributed by atoms with Crippen LogP contribution in [0.4, 0.5) is 0 Å². The summed E-state index contributed by atoms with van der Waals surface area (Å²) in [6, 6.07) is 15.1. The van der Waals surface area contributed by atoms with E-state index in [1.165, 1.54) is 0 Å². The minimum Gasteiger partial charge on any atom is -0.328 e. The van der Waals surface area contributed by atoms with E-state index in [1.54, 1.807) is 13.9 Å². The van der Waals surface area contributed by atoms with Crippen LogP contribution in [0.5, 0.6) is 0 Å². The first-order valence-electron chi connectivity index (χ1n) is 15.9. The van der Waals surface area contributed by atoms with Crippen molar-refractivity contribution in [1.29, 1.82) is 0 Å².